The molecule has 24 heavy (non-hydrogen) atoms. The van der Waals surface area contributed by atoms with E-state index in [4.69, 9.17) is 9.84 Å². The van der Waals surface area contributed by atoms with E-state index < -0.39 is 16.0 Å². The number of hydrogen-bond donors (Lipinski definition) is 2. The van der Waals surface area contributed by atoms with Gasteiger partial charge in [-0.25, -0.2) is 17.9 Å². The smallest absolute Gasteiger partial charge is 0.335 e. The van der Waals surface area contributed by atoms with Crippen molar-refractivity contribution >= 4 is 16.0 Å². The molecule has 0 saturated heterocycles. The molecule has 0 amide bonds. The van der Waals surface area contributed by atoms with Crippen LogP contribution in [0.2, 0.25) is 0 Å². The molecule has 0 aromatic heterocycles. The molecule has 1 heterocycles. The van der Waals surface area contributed by atoms with Crippen LogP contribution in [0.15, 0.2) is 47.4 Å². The van der Waals surface area contributed by atoms with Gasteiger partial charge in [0.25, 0.3) is 0 Å². The maximum absolute atomic E-state index is 12.4. The number of rotatable bonds is 5. The van der Waals surface area contributed by atoms with Crippen molar-refractivity contribution in [2.24, 2.45) is 0 Å². The van der Waals surface area contributed by atoms with Gasteiger partial charge in [-0.1, -0.05) is 12.1 Å². The highest BCUT2D eigenvalue weighted by Crippen LogP contribution is 2.27. The van der Waals surface area contributed by atoms with E-state index in [1.165, 1.54) is 18.2 Å². The predicted octanol–water partition coefficient (Wildman–Crippen LogP) is 2.19. The number of carboxylic acids is 1. The summed E-state index contributed by atoms with van der Waals surface area (Å²) < 4.78 is 32.9. The van der Waals surface area contributed by atoms with Crippen LogP contribution in [-0.4, -0.2) is 26.1 Å². The minimum absolute atomic E-state index is 0.0248. The third-order valence-corrected chi connectivity index (χ3v) is 5.23. The summed E-state index contributed by atoms with van der Waals surface area (Å²) in [6.45, 7) is 0.675. The van der Waals surface area contributed by atoms with Crippen molar-refractivity contribution in [1.29, 1.82) is 0 Å². The van der Waals surface area contributed by atoms with Crippen LogP contribution >= 0.6 is 0 Å². The van der Waals surface area contributed by atoms with Gasteiger partial charge >= 0.3 is 5.97 Å². The van der Waals surface area contributed by atoms with Gasteiger partial charge in [-0.2, -0.15) is 0 Å². The fourth-order valence-electron chi connectivity index (χ4n) is 2.58. The van der Waals surface area contributed by atoms with E-state index in [2.05, 4.69) is 4.72 Å². The Balaban J connectivity index is 1.77. The molecule has 0 saturated carbocycles. The molecule has 2 aromatic carbocycles. The summed E-state index contributed by atoms with van der Waals surface area (Å²) in [7, 11) is -3.68. The molecule has 3 rings (SSSR count). The van der Waals surface area contributed by atoms with Crippen LogP contribution in [0.5, 0.6) is 5.75 Å². The van der Waals surface area contributed by atoms with Gasteiger partial charge in [0.2, 0.25) is 10.0 Å². The monoisotopic (exact) mass is 347 g/mol. The Bertz CT molecular complexity index is 876. The molecule has 6 nitrogen and oxygen atoms in total. The fourth-order valence-corrected chi connectivity index (χ4v) is 3.65. The summed E-state index contributed by atoms with van der Waals surface area (Å²) in [4.78, 5) is 11.1. The lowest BCUT2D eigenvalue weighted by Gasteiger charge is -2.18. The van der Waals surface area contributed by atoms with E-state index in [1.54, 1.807) is 24.3 Å². The first-order valence-corrected chi connectivity index (χ1v) is 9.02. The highest BCUT2D eigenvalue weighted by atomic mass is 32.2. The van der Waals surface area contributed by atoms with Crippen molar-refractivity contribution < 1.29 is 23.1 Å². The minimum atomic E-state index is -3.68. The Hall–Kier alpha value is -2.38. The zero-order valence-corrected chi connectivity index (χ0v) is 13.7. The largest absolute Gasteiger partial charge is 0.493 e. The minimum Gasteiger partial charge on any atom is -0.493 e. The Morgan fingerprint density at radius 1 is 1.21 bits per heavy atom. The third-order valence-electron chi connectivity index (χ3n) is 3.83. The van der Waals surface area contributed by atoms with Gasteiger partial charge in [0.15, 0.2) is 0 Å². The maximum Gasteiger partial charge on any atom is 0.335 e. The summed E-state index contributed by atoms with van der Waals surface area (Å²) in [5.41, 5.74) is 1.59. The summed E-state index contributed by atoms with van der Waals surface area (Å²) in [6.07, 6.45) is 1.66. The van der Waals surface area contributed by atoms with Gasteiger partial charge in [0, 0.05) is 6.54 Å². The van der Waals surface area contributed by atoms with Crippen molar-refractivity contribution in [1.82, 2.24) is 4.72 Å². The second-order valence-corrected chi connectivity index (χ2v) is 7.32. The second-order valence-electron chi connectivity index (χ2n) is 5.55. The van der Waals surface area contributed by atoms with Gasteiger partial charge < -0.3 is 9.84 Å². The molecule has 0 bridgehead atoms. The molecular weight excluding hydrogens is 330 g/mol. The molecule has 0 aliphatic carbocycles. The van der Waals surface area contributed by atoms with E-state index in [0.717, 1.165) is 24.2 Å². The Labute approximate surface area is 140 Å². The molecule has 0 fully saturated rings. The number of sulfonamides is 1. The van der Waals surface area contributed by atoms with Crippen LogP contribution in [0.3, 0.4) is 0 Å². The van der Waals surface area contributed by atoms with Crippen LogP contribution in [0.1, 0.15) is 27.9 Å². The summed E-state index contributed by atoms with van der Waals surface area (Å²) in [6, 6.07) is 11.0. The number of fused-ring (bicyclic) bond motifs is 1. The molecule has 0 atom stereocenters. The summed E-state index contributed by atoms with van der Waals surface area (Å²) in [5.74, 6) is -0.316. The zero-order chi connectivity index (χ0) is 17.2. The maximum atomic E-state index is 12.4. The number of ether oxygens (including phenoxy) is 1. The Morgan fingerprint density at radius 2 is 2.04 bits per heavy atom. The molecule has 1 aliphatic heterocycles. The molecule has 1 aliphatic rings. The van der Waals surface area contributed by atoms with Crippen LogP contribution < -0.4 is 9.46 Å². The SMILES string of the molecule is O=C(O)c1cccc(CNS(=O)(=O)c2ccc3c(c2)CCCO3)c1. The molecule has 7 heteroatoms. The lowest BCUT2D eigenvalue weighted by atomic mass is 10.1. The van der Waals surface area contributed by atoms with Crippen LogP contribution in [0.25, 0.3) is 0 Å². The molecular formula is C17H17NO5S. The van der Waals surface area contributed by atoms with Crippen LogP contribution in [-0.2, 0) is 23.0 Å². The number of nitrogens with one attached hydrogen (secondary N) is 1. The highest BCUT2D eigenvalue weighted by Gasteiger charge is 2.18. The highest BCUT2D eigenvalue weighted by molar-refractivity contribution is 7.89. The lowest BCUT2D eigenvalue weighted by molar-refractivity contribution is 0.0696. The molecule has 0 unspecified atom stereocenters. The van der Waals surface area contributed by atoms with E-state index in [9.17, 15) is 13.2 Å². The quantitative estimate of drug-likeness (QED) is 0.865. The first-order chi connectivity index (χ1) is 11.5. The third kappa shape index (κ3) is 3.58. The lowest BCUT2D eigenvalue weighted by Crippen LogP contribution is -2.23. The van der Waals surface area contributed by atoms with Gasteiger partial charge in [-0.05, 0) is 54.3 Å². The molecule has 0 radical (unpaired) electrons. The van der Waals surface area contributed by atoms with E-state index in [0.29, 0.717) is 12.2 Å². The standard InChI is InChI=1S/C17H17NO5S/c19-17(20)14-4-1-3-12(9-14)11-18-24(21,22)15-6-7-16-13(10-15)5-2-8-23-16/h1,3-4,6-7,9-10,18H,2,5,8,11H2,(H,19,20). The summed E-state index contributed by atoms with van der Waals surface area (Å²) in [5, 5.41) is 8.98. The average Bonchev–Trinajstić information content (AvgIpc) is 2.60. The van der Waals surface area contributed by atoms with Crippen molar-refractivity contribution in [3.63, 3.8) is 0 Å². The van der Waals surface area contributed by atoms with Crippen LogP contribution in [0.4, 0.5) is 0 Å². The average molecular weight is 347 g/mol. The first kappa shape index (κ1) is 16.5. The van der Waals surface area contributed by atoms with Crippen molar-refractivity contribution in [3.8, 4) is 5.75 Å². The number of carboxylic acid groups (broad SMARTS) is 1. The van der Waals surface area contributed by atoms with Gasteiger partial charge in [0.05, 0.1) is 17.1 Å². The normalized spacial score (nSPS) is 13.8. The van der Waals surface area contributed by atoms with Gasteiger partial charge in [0.1, 0.15) is 5.75 Å². The van der Waals surface area contributed by atoms with Gasteiger partial charge in [-0.3, -0.25) is 0 Å². The summed E-state index contributed by atoms with van der Waals surface area (Å²) >= 11 is 0. The number of aryl methyl sites for hydroxylation is 1. The molecule has 2 N–H and O–H groups in total. The van der Waals surface area contributed by atoms with E-state index >= 15 is 0 Å². The number of carbonyl (C=O) groups is 1. The second kappa shape index (κ2) is 6.62. The Morgan fingerprint density at radius 3 is 2.83 bits per heavy atom. The number of aromatic carboxylic acids is 1. The molecule has 2 aromatic rings. The van der Waals surface area contributed by atoms with Crippen molar-refractivity contribution in [3.05, 3.63) is 59.2 Å². The Kier molecular flexibility index (Phi) is 4.55. The first-order valence-electron chi connectivity index (χ1n) is 7.53. The predicted molar refractivity (Wildman–Crippen MR) is 87.7 cm³/mol. The van der Waals surface area contributed by atoms with Gasteiger partial charge in [-0.15, -0.1) is 0 Å². The zero-order valence-electron chi connectivity index (χ0n) is 12.9. The molecule has 0 spiro atoms. The number of benzene rings is 2. The van der Waals surface area contributed by atoms with Crippen molar-refractivity contribution in [2.45, 2.75) is 24.3 Å². The van der Waals surface area contributed by atoms with Crippen molar-refractivity contribution in [2.75, 3.05) is 6.61 Å². The fraction of sp³-hybridized carbons (Fsp3) is 0.235. The number of hydrogen-bond acceptors (Lipinski definition) is 4. The van der Waals surface area contributed by atoms with E-state index in [1.807, 2.05) is 0 Å². The van der Waals surface area contributed by atoms with Crippen LogP contribution in [0, 0.1) is 0 Å². The molecule has 126 valence electrons. The van der Waals surface area contributed by atoms with E-state index in [-0.39, 0.29) is 17.0 Å². The topological polar surface area (TPSA) is 92.7 Å².